The highest BCUT2D eigenvalue weighted by Crippen LogP contribution is 2.21. The Balaban J connectivity index is 2.11. The van der Waals surface area contributed by atoms with Gasteiger partial charge in [0.25, 0.3) is 5.91 Å². The van der Waals surface area contributed by atoms with E-state index in [-0.39, 0.29) is 11.9 Å². The van der Waals surface area contributed by atoms with Gasteiger partial charge in [-0.25, -0.2) is 0 Å². The standard InChI is InChI=1S/C13H18N2O2/c1-17-12(10-5-3-2-4-6-10)13(16)15-8-7-11(14)9-15/h2-6,11-12H,7-9,14H2,1H3/t11-,12?/m1/s1. The molecule has 1 aliphatic rings. The van der Waals surface area contributed by atoms with Crippen LogP contribution in [0.2, 0.25) is 0 Å². The zero-order chi connectivity index (χ0) is 12.3. The zero-order valence-electron chi connectivity index (χ0n) is 10.0. The maximum absolute atomic E-state index is 12.3. The highest BCUT2D eigenvalue weighted by Gasteiger charge is 2.30. The van der Waals surface area contributed by atoms with Gasteiger partial charge in [0.1, 0.15) is 0 Å². The molecular weight excluding hydrogens is 216 g/mol. The lowest BCUT2D eigenvalue weighted by Gasteiger charge is -2.22. The van der Waals surface area contributed by atoms with Crippen molar-refractivity contribution in [3.05, 3.63) is 35.9 Å². The van der Waals surface area contributed by atoms with Crippen LogP contribution in [0.3, 0.4) is 0 Å². The lowest BCUT2D eigenvalue weighted by atomic mass is 10.1. The smallest absolute Gasteiger partial charge is 0.256 e. The van der Waals surface area contributed by atoms with E-state index < -0.39 is 6.10 Å². The average Bonchev–Trinajstić information content (AvgIpc) is 2.78. The maximum atomic E-state index is 12.3. The van der Waals surface area contributed by atoms with Gasteiger partial charge in [-0.1, -0.05) is 30.3 Å². The summed E-state index contributed by atoms with van der Waals surface area (Å²) in [5, 5.41) is 0. The molecule has 2 atom stereocenters. The van der Waals surface area contributed by atoms with Crippen molar-refractivity contribution in [2.24, 2.45) is 5.73 Å². The minimum atomic E-state index is -0.513. The summed E-state index contributed by atoms with van der Waals surface area (Å²) in [4.78, 5) is 14.1. The molecule has 1 saturated heterocycles. The summed E-state index contributed by atoms with van der Waals surface area (Å²) in [5.41, 5.74) is 6.70. The van der Waals surface area contributed by atoms with Crippen molar-refractivity contribution in [1.82, 2.24) is 4.90 Å². The van der Waals surface area contributed by atoms with E-state index in [4.69, 9.17) is 10.5 Å². The molecule has 1 aromatic carbocycles. The van der Waals surface area contributed by atoms with Crippen molar-refractivity contribution in [2.45, 2.75) is 18.6 Å². The predicted octanol–water partition coefficient (Wildman–Crippen LogP) is 0.934. The lowest BCUT2D eigenvalue weighted by molar-refractivity contribution is -0.141. The fourth-order valence-electron chi connectivity index (χ4n) is 2.16. The molecule has 1 unspecified atom stereocenters. The summed E-state index contributed by atoms with van der Waals surface area (Å²) in [7, 11) is 1.56. The second kappa shape index (κ2) is 5.29. The molecule has 2 N–H and O–H groups in total. The molecule has 4 nitrogen and oxygen atoms in total. The molecule has 1 fully saturated rings. The molecule has 1 aliphatic heterocycles. The third-order valence-electron chi connectivity index (χ3n) is 3.10. The number of carbonyl (C=O) groups is 1. The number of hydrogen-bond donors (Lipinski definition) is 1. The van der Waals surface area contributed by atoms with Crippen LogP contribution in [0.15, 0.2) is 30.3 Å². The van der Waals surface area contributed by atoms with Gasteiger partial charge in [-0.2, -0.15) is 0 Å². The molecule has 1 aromatic rings. The van der Waals surface area contributed by atoms with Crippen molar-refractivity contribution >= 4 is 5.91 Å². The van der Waals surface area contributed by atoms with Gasteiger partial charge in [0.05, 0.1) is 0 Å². The van der Waals surface area contributed by atoms with Crippen LogP contribution in [0, 0.1) is 0 Å². The summed E-state index contributed by atoms with van der Waals surface area (Å²) in [6, 6.07) is 9.65. The first kappa shape index (κ1) is 12.1. The molecule has 0 spiro atoms. The quantitative estimate of drug-likeness (QED) is 0.846. The molecule has 1 heterocycles. The van der Waals surface area contributed by atoms with Crippen LogP contribution in [0.5, 0.6) is 0 Å². The van der Waals surface area contributed by atoms with E-state index in [0.717, 1.165) is 18.5 Å². The molecule has 2 rings (SSSR count). The van der Waals surface area contributed by atoms with Gasteiger partial charge in [-0.15, -0.1) is 0 Å². The fourth-order valence-corrected chi connectivity index (χ4v) is 2.16. The Bertz CT molecular complexity index is 380. The van der Waals surface area contributed by atoms with Crippen molar-refractivity contribution < 1.29 is 9.53 Å². The lowest BCUT2D eigenvalue weighted by Crippen LogP contribution is -2.36. The van der Waals surface area contributed by atoms with E-state index in [9.17, 15) is 4.79 Å². The van der Waals surface area contributed by atoms with E-state index in [1.54, 1.807) is 12.0 Å². The first-order chi connectivity index (χ1) is 8.22. The van der Waals surface area contributed by atoms with Gasteiger partial charge >= 0.3 is 0 Å². The van der Waals surface area contributed by atoms with Gasteiger partial charge in [-0.05, 0) is 12.0 Å². The number of nitrogens with two attached hydrogens (primary N) is 1. The van der Waals surface area contributed by atoms with E-state index >= 15 is 0 Å². The first-order valence-corrected chi connectivity index (χ1v) is 5.84. The molecule has 0 aliphatic carbocycles. The SMILES string of the molecule is COC(C(=O)N1CC[C@@H](N)C1)c1ccccc1. The van der Waals surface area contributed by atoms with Crippen LogP contribution < -0.4 is 5.73 Å². The number of hydrogen-bond acceptors (Lipinski definition) is 3. The van der Waals surface area contributed by atoms with Crippen LogP contribution in [0.1, 0.15) is 18.1 Å². The second-order valence-electron chi connectivity index (χ2n) is 4.36. The number of nitrogens with zero attached hydrogens (tertiary/aromatic N) is 1. The van der Waals surface area contributed by atoms with Crippen molar-refractivity contribution in [3.63, 3.8) is 0 Å². The van der Waals surface area contributed by atoms with E-state index in [2.05, 4.69) is 0 Å². The topological polar surface area (TPSA) is 55.6 Å². The number of amides is 1. The molecule has 1 amide bonds. The van der Waals surface area contributed by atoms with Gasteiger partial charge in [0, 0.05) is 26.2 Å². The Morgan fingerprint density at radius 3 is 2.71 bits per heavy atom. The second-order valence-corrected chi connectivity index (χ2v) is 4.36. The molecule has 17 heavy (non-hydrogen) atoms. The fraction of sp³-hybridized carbons (Fsp3) is 0.462. The molecule has 0 saturated carbocycles. The minimum Gasteiger partial charge on any atom is -0.367 e. The zero-order valence-corrected chi connectivity index (χ0v) is 10.0. The van der Waals surface area contributed by atoms with Crippen LogP contribution in [0.4, 0.5) is 0 Å². The third kappa shape index (κ3) is 2.65. The highest BCUT2D eigenvalue weighted by atomic mass is 16.5. The summed E-state index contributed by atoms with van der Waals surface area (Å²) < 4.78 is 5.31. The molecule has 0 aromatic heterocycles. The Hall–Kier alpha value is -1.39. The molecule has 0 radical (unpaired) electrons. The third-order valence-corrected chi connectivity index (χ3v) is 3.10. The molecule has 0 bridgehead atoms. The Morgan fingerprint density at radius 2 is 2.18 bits per heavy atom. The number of benzene rings is 1. The average molecular weight is 234 g/mol. The number of carbonyl (C=O) groups excluding carboxylic acids is 1. The van der Waals surface area contributed by atoms with Gasteiger partial charge < -0.3 is 15.4 Å². The number of methoxy groups -OCH3 is 1. The summed E-state index contributed by atoms with van der Waals surface area (Å²) in [5.74, 6) is 0.00616. The molecule has 92 valence electrons. The summed E-state index contributed by atoms with van der Waals surface area (Å²) in [6.07, 6.45) is 0.359. The monoisotopic (exact) mass is 234 g/mol. The predicted molar refractivity (Wildman–Crippen MR) is 65.4 cm³/mol. The highest BCUT2D eigenvalue weighted by molar-refractivity contribution is 5.82. The number of likely N-dealkylation sites (tertiary alicyclic amines) is 1. The molecule has 4 heteroatoms. The van der Waals surface area contributed by atoms with E-state index in [0.29, 0.717) is 6.54 Å². The van der Waals surface area contributed by atoms with Crippen LogP contribution in [0.25, 0.3) is 0 Å². The largest absolute Gasteiger partial charge is 0.367 e. The van der Waals surface area contributed by atoms with Crippen molar-refractivity contribution in [1.29, 1.82) is 0 Å². The van der Waals surface area contributed by atoms with E-state index in [1.165, 1.54) is 0 Å². The number of ether oxygens (including phenoxy) is 1. The van der Waals surface area contributed by atoms with Crippen LogP contribution in [-0.4, -0.2) is 37.0 Å². The summed E-state index contributed by atoms with van der Waals surface area (Å²) in [6.45, 7) is 1.36. The van der Waals surface area contributed by atoms with Crippen LogP contribution >= 0.6 is 0 Å². The summed E-state index contributed by atoms with van der Waals surface area (Å²) >= 11 is 0. The normalized spacial score (nSPS) is 21.5. The maximum Gasteiger partial charge on any atom is 0.256 e. The Kier molecular flexibility index (Phi) is 3.76. The minimum absolute atomic E-state index is 0.00616. The number of rotatable bonds is 3. The van der Waals surface area contributed by atoms with Crippen molar-refractivity contribution in [3.8, 4) is 0 Å². The Labute approximate surface area is 101 Å². The first-order valence-electron chi connectivity index (χ1n) is 5.84. The Morgan fingerprint density at radius 1 is 1.47 bits per heavy atom. The molecular formula is C13H18N2O2. The van der Waals surface area contributed by atoms with E-state index in [1.807, 2.05) is 30.3 Å². The van der Waals surface area contributed by atoms with Gasteiger partial charge in [0.15, 0.2) is 6.10 Å². The van der Waals surface area contributed by atoms with Crippen molar-refractivity contribution in [2.75, 3.05) is 20.2 Å². The van der Waals surface area contributed by atoms with Gasteiger partial charge in [-0.3, -0.25) is 4.79 Å². The van der Waals surface area contributed by atoms with Gasteiger partial charge in [0.2, 0.25) is 0 Å². The van der Waals surface area contributed by atoms with Crippen LogP contribution in [-0.2, 0) is 9.53 Å².